The highest BCUT2D eigenvalue weighted by Crippen LogP contribution is 2.06. The van der Waals surface area contributed by atoms with E-state index in [1.807, 2.05) is 6.92 Å². The predicted molar refractivity (Wildman–Crippen MR) is 56.8 cm³/mol. The first-order valence-electron chi connectivity index (χ1n) is 4.90. The van der Waals surface area contributed by atoms with E-state index in [1.54, 1.807) is 12.1 Å². The molecule has 0 saturated heterocycles. The van der Waals surface area contributed by atoms with E-state index in [-0.39, 0.29) is 5.82 Å². The Balaban J connectivity index is 2.69. The first-order chi connectivity index (χ1) is 7.13. The van der Waals surface area contributed by atoms with Gasteiger partial charge in [0.05, 0.1) is 6.04 Å². The first-order valence-corrected chi connectivity index (χ1v) is 4.90. The number of likely N-dealkylation sites (N-methyl/N-ethyl adjacent to an activating group) is 1. The van der Waals surface area contributed by atoms with Crippen LogP contribution in [-0.4, -0.2) is 18.5 Å². The number of hydrogen-bond donors (Lipinski definition) is 2. The second-order valence-electron chi connectivity index (χ2n) is 3.35. The summed E-state index contributed by atoms with van der Waals surface area (Å²) in [6, 6.07) is 5.74. The molecule has 3 nitrogen and oxygen atoms in total. The number of carbonyl (C=O) groups is 1. The summed E-state index contributed by atoms with van der Waals surface area (Å²) in [5.41, 5.74) is 5.98. The Bertz CT molecular complexity index is 341. The lowest BCUT2D eigenvalue weighted by Crippen LogP contribution is -2.42. The Morgan fingerprint density at radius 1 is 1.60 bits per heavy atom. The lowest BCUT2D eigenvalue weighted by Gasteiger charge is -2.13. The van der Waals surface area contributed by atoms with Crippen LogP contribution in [0.4, 0.5) is 4.39 Å². The third kappa shape index (κ3) is 3.67. The van der Waals surface area contributed by atoms with Crippen LogP contribution in [0.15, 0.2) is 24.3 Å². The molecule has 0 radical (unpaired) electrons. The standard InChI is InChI=1S/C11H15FN2O/c1-2-14-10(11(13)15)7-8-4-3-5-9(12)6-8/h3-6,10,14H,2,7H2,1H3,(H2,13,15)/t10-/m0/s1. The molecule has 1 aromatic rings. The van der Waals surface area contributed by atoms with Gasteiger partial charge in [0.25, 0.3) is 0 Å². The minimum absolute atomic E-state index is 0.299. The summed E-state index contributed by atoms with van der Waals surface area (Å²) in [5, 5.41) is 2.95. The lowest BCUT2D eigenvalue weighted by atomic mass is 10.1. The summed E-state index contributed by atoms with van der Waals surface area (Å²) in [7, 11) is 0. The summed E-state index contributed by atoms with van der Waals surface area (Å²) in [4.78, 5) is 11.0. The van der Waals surface area contributed by atoms with Crippen LogP contribution in [0.2, 0.25) is 0 Å². The van der Waals surface area contributed by atoms with E-state index in [1.165, 1.54) is 12.1 Å². The van der Waals surface area contributed by atoms with Crippen LogP contribution >= 0.6 is 0 Å². The van der Waals surface area contributed by atoms with Gasteiger partial charge < -0.3 is 11.1 Å². The fraction of sp³-hybridized carbons (Fsp3) is 0.364. The summed E-state index contributed by atoms with van der Waals surface area (Å²) >= 11 is 0. The fourth-order valence-corrected chi connectivity index (χ4v) is 1.42. The molecule has 1 atom stereocenters. The molecule has 0 saturated carbocycles. The zero-order chi connectivity index (χ0) is 11.3. The van der Waals surface area contributed by atoms with Crippen LogP contribution < -0.4 is 11.1 Å². The zero-order valence-corrected chi connectivity index (χ0v) is 8.66. The summed E-state index contributed by atoms with van der Waals surface area (Å²) in [5.74, 6) is -0.715. The minimum Gasteiger partial charge on any atom is -0.368 e. The van der Waals surface area contributed by atoms with E-state index in [9.17, 15) is 9.18 Å². The molecule has 1 aromatic carbocycles. The molecule has 82 valence electrons. The van der Waals surface area contributed by atoms with Crippen molar-refractivity contribution in [2.45, 2.75) is 19.4 Å². The van der Waals surface area contributed by atoms with E-state index >= 15 is 0 Å². The number of nitrogens with one attached hydrogen (secondary N) is 1. The highest BCUT2D eigenvalue weighted by Gasteiger charge is 2.14. The molecule has 0 aromatic heterocycles. The SMILES string of the molecule is CCN[C@@H](Cc1cccc(F)c1)C(N)=O. The largest absolute Gasteiger partial charge is 0.368 e. The van der Waals surface area contributed by atoms with Gasteiger partial charge in [-0.25, -0.2) is 4.39 Å². The number of amides is 1. The van der Waals surface area contributed by atoms with Crippen molar-refractivity contribution in [3.8, 4) is 0 Å². The molecule has 15 heavy (non-hydrogen) atoms. The summed E-state index contributed by atoms with van der Waals surface area (Å²) in [6.45, 7) is 2.55. The first kappa shape index (κ1) is 11.7. The smallest absolute Gasteiger partial charge is 0.234 e. The van der Waals surface area contributed by atoms with Gasteiger partial charge in [0.2, 0.25) is 5.91 Å². The van der Waals surface area contributed by atoms with Gasteiger partial charge in [0.1, 0.15) is 5.82 Å². The molecule has 0 aliphatic carbocycles. The topological polar surface area (TPSA) is 55.1 Å². The quantitative estimate of drug-likeness (QED) is 0.756. The van der Waals surface area contributed by atoms with Crippen molar-refractivity contribution < 1.29 is 9.18 Å². The Kier molecular flexibility index (Phi) is 4.24. The lowest BCUT2D eigenvalue weighted by molar-refractivity contribution is -0.120. The number of carbonyl (C=O) groups excluding carboxylic acids is 1. The highest BCUT2D eigenvalue weighted by molar-refractivity contribution is 5.80. The average Bonchev–Trinajstić information content (AvgIpc) is 2.17. The molecule has 0 aliphatic heterocycles. The van der Waals surface area contributed by atoms with E-state index in [2.05, 4.69) is 5.32 Å². The number of nitrogens with two attached hydrogens (primary N) is 1. The highest BCUT2D eigenvalue weighted by atomic mass is 19.1. The molecular weight excluding hydrogens is 195 g/mol. The molecule has 0 fully saturated rings. The third-order valence-corrected chi connectivity index (χ3v) is 2.12. The number of hydrogen-bond acceptors (Lipinski definition) is 2. The molecule has 1 amide bonds. The second-order valence-corrected chi connectivity index (χ2v) is 3.35. The van der Waals surface area contributed by atoms with Crippen molar-refractivity contribution in [2.75, 3.05) is 6.54 Å². The monoisotopic (exact) mass is 210 g/mol. The van der Waals surface area contributed by atoms with Crippen LogP contribution in [0.1, 0.15) is 12.5 Å². The van der Waals surface area contributed by atoms with Crippen molar-refractivity contribution in [1.82, 2.24) is 5.32 Å². The van der Waals surface area contributed by atoms with Crippen LogP contribution in [0, 0.1) is 5.82 Å². The second kappa shape index (κ2) is 5.46. The van der Waals surface area contributed by atoms with Gasteiger partial charge in [-0.1, -0.05) is 19.1 Å². The van der Waals surface area contributed by atoms with Crippen molar-refractivity contribution in [3.05, 3.63) is 35.6 Å². The van der Waals surface area contributed by atoms with Gasteiger partial charge in [-0.2, -0.15) is 0 Å². The molecule has 0 aliphatic rings. The predicted octanol–water partition coefficient (Wildman–Crippen LogP) is 0.832. The van der Waals surface area contributed by atoms with Crippen molar-refractivity contribution in [1.29, 1.82) is 0 Å². The van der Waals surface area contributed by atoms with Crippen LogP contribution in [-0.2, 0) is 11.2 Å². The van der Waals surface area contributed by atoms with Crippen molar-refractivity contribution in [3.63, 3.8) is 0 Å². The zero-order valence-electron chi connectivity index (χ0n) is 8.66. The third-order valence-electron chi connectivity index (χ3n) is 2.12. The van der Waals surface area contributed by atoms with E-state index < -0.39 is 11.9 Å². The molecule has 0 spiro atoms. The summed E-state index contributed by atoms with van der Waals surface area (Å²) in [6.07, 6.45) is 0.418. The van der Waals surface area contributed by atoms with Gasteiger partial charge in [-0.3, -0.25) is 4.79 Å². The molecule has 0 bridgehead atoms. The van der Waals surface area contributed by atoms with Gasteiger partial charge in [-0.15, -0.1) is 0 Å². The molecular formula is C11H15FN2O. The average molecular weight is 210 g/mol. The molecule has 4 heteroatoms. The Labute approximate surface area is 88.5 Å². The van der Waals surface area contributed by atoms with Gasteiger partial charge in [-0.05, 0) is 30.7 Å². The van der Waals surface area contributed by atoms with E-state index in [0.717, 1.165) is 5.56 Å². The number of primary amides is 1. The van der Waals surface area contributed by atoms with Crippen LogP contribution in [0.5, 0.6) is 0 Å². The van der Waals surface area contributed by atoms with Gasteiger partial charge in [0, 0.05) is 0 Å². The Hall–Kier alpha value is -1.42. The number of halogens is 1. The van der Waals surface area contributed by atoms with Crippen molar-refractivity contribution >= 4 is 5.91 Å². The Morgan fingerprint density at radius 3 is 2.87 bits per heavy atom. The van der Waals surface area contributed by atoms with E-state index in [0.29, 0.717) is 13.0 Å². The fourth-order valence-electron chi connectivity index (χ4n) is 1.42. The van der Waals surface area contributed by atoms with Crippen LogP contribution in [0.3, 0.4) is 0 Å². The normalized spacial score (nSPS) is 12.4. The minimum atomic E-state index is -0.434. The molecule has 3 N–H and O–H groups in total. The Morgan fingerprint density at radius 2 is 2.33 bits per heavy atom. The number of rotatable bonds is 5. The maximum atomic E-state index is 12.9. The van der Waals surface area contributed by atoms with Gasteiger partial charge in [0.15, 0.2) is 0 Å². The maximum absolute atomic E-state index is 12.9. The number of benzene rings is 1. The van der Waals surface area contributed by atoms with Gasteiger partial charge >= 0.3 is 0 Å². The summed E-state index contributed by atoms with van der Waals surface area (Å²) < 4.78 is 12.9. The molecule has 0 heterocycles. The van der Waals surface area contributed by atoms with Crippen molar-refractivity contribution in [2.24, 2.45) is 5.73 Å². The maximum Gasteiger partial charge on any atom is 0.234 e. The van der Waals surface area contributed by atoms with Crippen LogP contribution in [0.25, 0.3) is 0 Å². The molecule has 0 unspecified atom stereocenters. The van der Waals surface area contributed by atoms with E-state index in [4.69, 9.17) is 5.73 Å². The molecule has 1 rings (SSSR count).